The molecule has 2 fully saturated rings. The zero-order chi connectivity index (χ0) is 37.1. The molecule has 4 N–H and O–H groups in total. The van der Waals surface area contributed by atoms with E-state index in [0.29, 0.717) is 19.4 Å². The van der Waals surface area contributed by atoms with Crippen LogP contribution in [0.25, 0.3) is 10.8 Å². The number of benzene rings is 3. The third-order valence-corrected chi connectivity index (χ3v) is 9.89. The maximum Gasteiger partial charge on any atom is 0.408 e. The van der Waals surface area contributed by atoms with Crippen LogP contribution < -0.4 is 21.3 Å². The molecule has 2 aliphatic rings. The monoisotopic (exact) mass is 720 g/mol. The van der Waals surface area contributed by atoms with Crippen LogP contribution in [0.2, 0.25) is 0 Å². The molecule has 4 atom stereocenters. The van der Waals surface area contributed by atoms with Gasteiger partial charge in [-0.05, 0) is 66.3 Å². The largest absolute Gasteiger partial charge is 0.467 e. The first-order chi connectivity index (χ1) is 25.0. The average Bonchev–Trinajstić information content (AvgIpc) is 3.15. The number of halogens is 2. The quantitative estimate of drug-likeness (QED) is 0.172. The van der Waals surface area contributed by atoms with E-state index in [1.165, 1.54) is 7.11 Å². The van der Waals surface area contributed by atoms with E-state index in [0.717, 1.165) is 21.9 Å². The van der Waals surface area contributed by atoms with Crippen molar-refractivity contribution in [1.82, 2.24) is 21.3 Å². The molecule has 1 saturated carbocycles. The molecule has 0 aromatic heterocycles. The summed E-state index contributed by atoms with van der Waals surface area (Å²) in [4.78, 5) is 66.6. The van der Waals surface area contributed by atoms with E-state index >= 15 is 0 Å². The highest BCUT2D eigenvalue weighted by atomic mass is 19.3. The number of carbonyl (C=O) groups excluding carboxylic acids is 5. The molecule has 5 rings (SSSR count). The van der Waals surface area contributed by atoms with E-state index in [-0.39, 0.29) is 63.4 Å². The molecule has 0 radical (unpaired) electrons. The molecule has 0 unspecified atom stereocenters. The van der Waals surface area contributed by atoms with Crippen molar-refractivity contribution >= 4 is 40.6 Å². The molecule has 13 heteroatoms. The lowest BCUT2D eigenvalue weighted by Gasteiger charge is -2.32. The van der Waals surface area contributed by atoms with Crippen molar-refractivity contribution in [3.05, 3.63) is 83.9 Å². The van der Waals surface area contributed by atoms with Crippen molar-refractivity contribution in [2.45, 2.75) is 88.4 Å². The first kappa shape index (κ1) is 38.2. The lowest BCUT2D eigenvalue weighted by atomic mass is 9.82. The van der Waals surface area contributed by atoms with Crippen LogP contribution in [0.5, 0.6) is 0 Å². The number of amides is 4. The first-order valence-corrected chi connectivity index (χ1v) is 17.8. The molecule has 11 nitrogen and oxygen atoms in total. The lowest BCUT2D eigenvalue weighted by Crippen LogP contribution is -2.57. The maximum absolute atomic E-state index is 14.2. The smallest absolute Gasteiger partial charge is 0.408 e. The van der Waals surface area contributed by atoms with Gasteiger partial charge in [0.05, 0.1) is 7.11 Å². The molecule has 3 aromatic carbocycles. The van der Waals surface area contributed by atoms with E-state index in [2.05, 4.69) is 21.3 Å². The number of fused-ring (bicyclic) bond motifs is 1. The molecule has 52 heavy (non-hydrogen) atoms. The molecule has 1 saturated heterocycles. The summed E-state index contributed by atoms with van der Waals surface area (Å²) in [5.74, 6) is -6.09. The molecule has 0 bridgehead atoms. The van der Waals surface area contributed by atoms with E-state index in [9.17, 15) is 32.8 Å². The number of ether oxygens (including phenoxy) is 2. The van der Waals surface area contributed by atoms with Crippen molar-refractivity contribution in [2.24, 2.45) is 11.8 Å². The molecule has 1 aliphatic heterocycles. The summed E-state index contributed by atoms with van der Waals surface area (Å²) in [6.07, 6.45) is 0.00702. The number of alkyl carbamates (subject to hydrolysis) is 1. The Balaban J connectivity index is 1.38. The summed E-state index contributed by atoms with van der Waals surface area (Å²) >= 11 is 0. The van der Waals surface area contributed by atoms with Gasteiger partial charge in [-0.15, -0.1) is 0 Å². The molecule has 1 heterocycles. The van der Waals surface area contributed by atoms with E-state index in [1.807, 2.05) is 48.5 Å². The van der Waals surface area contributed by atoms with Gasteiger partial charge in [-0.3, -0.25) is 14.4 Å². The van der Waals surface area contributed by atoms with Gasteiger partial charge in [0.15, 0.2) is 0 Å². The van der Waals surface area contributed by atoms with Crippen LogP contribution >= 0.6 is 0 Å². The van der Waals surface area contributed by atoms with Crippen LogP contribution in [0.4, 0.5) is 13.6 Å². The van der Waals surface area contributed by atoms with Gasteiger partial charge in [0.25, 0.3) is 0 Å². The molecule has 278 valence electrons. The molecule has 0 spiro atoms. The molecular formula is C39H46F2N4O7. The number of hydrogen-bond donors (Lipinski definition) is 4. The SMILES string of the molecule is COC(=O)[C@H](C[C@@H]1CCCNC1=O)NC(=O)[C@H](CC1CCC(F)(F)CC1)NC(=O)[C@H](Cc1cccc2ccccc12)NC(=O)OCc1ccccc1. The van der Waals surface area contributed by atoms with Crippen molar-refractivity contribution in [3.63, 3.8) is 0 Å². The lowest BCUT2D eigenvalue weighted by molar-refractivity contribution is -0.146. The summed E-state index contributed by atoms with van der Waals surface area (Å²) in [5, 5.41) is 12.7. The van der Waals surface area contributed by atoms with Crippen LogP contribution in [0.15, 0.2) is 72.8 Å². The minimum absolute atomic E-state index is 0.0148. The Kier molecular flexibility index (Phi) is 13.2. The Morgan fingerprint density at radius 3 is 2.23 bits per heavy atom. The number of alkyl halides is 2. The Bertz CT molecular complexity index is 1710. The third kappa shape index (κ3) is 10.7. The molecule has 1 aliphatic carbocycles. The van der Waals surface area contributed by atoms with Crippen LogP contribution in [0.1, 0.15) is 62.5 Å². The highest BCUT2D eigenvalue weighted by Crippen LogP contribution is 2.38. The highest BCUT2D eigenvalue weighted by molar-refractivity contribution is 5.94. The number of hydrogen-bond acceptors (Lipinski definition) is 7. The zero-order valence-corrected chi connectivity index (χ0v) is 29.2. The second-order valence-electron chi connectivity index (χ2n) is 13.6. The van der Waals surface area contributed by atoms with E-state index < -0.39 is 53.8 Å². The third-order valence-electron chi connectivity index (χ3n) is 9.89. The van der Waals surface area contributed by atoms with Crippen LogP contribution in [0, 0.1) is 11.8 Å². The number of methoxy groups -OCH3 is 1. The van der Waals surface area contributed by atoms with Gasteiger partial charge in [0.2, 0.25) is 23.6 Å². The van der Waals surface area contributed by atoms with Crippen molar-refractivity contribution in [2.75, 3.05) is 13.7 Å². The van der Waals surface area contributed by atoms with Crippen molar-refractivity contribution in [1.29, 1.82) is 0 Å². The number of rotatable bonds is 14. The highest BCUT2D eigenvalue weighted by Gasteiger charge is 2.39. The van der Waals surface area contributed by atoms with E-state index in [4.69, 9.17) is 9.47 Å². The predicted molar refractivity (Wildman–Crippen MR) is 189 cm³/mol. The summed E-state index contributed by atoms with van der Waals surface area (Å²) in [6.45, 7) is 0.480. The summed E-state index contributed by atoms with van der Waals surface area (Å²) in [5.41, 5.74) is 1.50. The maximum atomic E-state index is 14.2. The number of piperidine rings is 1. The van der Waals surface area contributed by atoms with Gasteiger partial charge in [0.1, 0.15) is 24.7 Å². The molecular weight excluding hydrogens is 674 g/mol. The van der Waals surface area contributed by atoms with Gasteiger partial charge in [-0.1, -0.05) is 72.8 Å². The zero-order valence-electron chi connectivity index (χ0n) is 29.2. The minimum atomic E-state index is -2.80. The Hall–Kier alpha value is -5.07. The van der Waals surface area contributed by atoms with Crippen LogP contribution in [-0.2, 0) is 41.7 Å². The van der Waals surface area contributed by atoms with Gasteiger partial charge in [-0.25, -0.2) is 18.4 Å². The Labute approximate surface area is 301 Å². The second kappa shape index (κ2) is 17.9. The summed E-state index contributed by atoms with van der Waals surface area (Å²) in [7, 11) is 1.17. The standard InChI is InChI=1S/C39H46F2N4O7/c1-51-37(49)33(23-29-14-8-20-42-34(29)46)44-35(47)31(21-25-16-18-39(40,41)19-17-25)43-36(48)32(45-38(50)52-24-26-9-3-2-4-10-26)22-28-13-7-12-27-11-5-6-15-30(27)28/h2-7,9-13,15,25,29,31-33H,8,14,16-24H2,1H3,(H,42,46)(H,43,48)(H,44,47)(H,45,50)/t29-,31-,32-,33-/m0/s1. The number of nitrogens with one attached hydrogen (secondary N) is 4. The predicted octanol–water partition coefficient (Wildman–Crippen LogP) is 4.95. The number of esters is 1. The van der Waals surface area contributed by atoms with Gasteiger partial charge in [-0.2, -0.15) is 0 Å². The van der Waals surface area contributed by atoms with E-state index in [1.54, 1.807) is 24.3 Å². The second-order valence-corrected chi connectivity index (χ2v) is 13.6. The van der Waals surface area contributed by atoms with Crippen molar-refractivity contribution < 1.29 is 42.2 Å². The average molecular weight is 721 g/mol. The topological polar surface area (TPSA) is 152 Å². The van der Waals surface area contributed by atoms with Crippen molar-refractivity contribution in [3.8, 4) is 0 Å². The normalized spacial score (nSPS) is 19.0. The summed E-state index contributed by atoms with van der Waals surface area (Å²) < 4.78 is 38.5. The van der Waals surface area contributed by atoms with Crippen LogP contribution in [-0.4, -0.2) is 67.5 Å². The minimum Gasteiger partial charge on any atom is -0.467 e. The molecule has 3 aromatic rings. The fourth-order valence-electron chi connectivity index (χ4n) is 6.95. The fourth-order valence-corrected chi connectivity index (χ4v) is 6.95. The first-order valence-electron chi connectivity index (χ1n) is 17.8. The number of carbonyl (C=O) groups is 5. The summed E-state index contributed by atoms with van der Waals surface area (Å²) in [6, 6.07) is 18.6. The molecule has 4 amide bonds. The Morgan fingerprint density at radius 2 is 1.50 bits per heavy atom. The Morgan fingerprint density at radius 1 is 0.827 bits per heavy atom. The van der Waals surface area contributed by atoms with Gasteiger partial charge in [0, 0.05) is 31.7 Å². The van der Waals surface area contributed by atoms with Gasteiger partial charge < -0.3 is 30.7 Å². The van der Waals surface area contributed by atoms with Crippen LogP contribution in [0.3, 0.4) is 0 Å². The fraction of sp³-hybridized carbons (Fsp3) is 0.462. The van der Waals surface area contributed by atoms with Gasteiger partial charge >= 0.3 is 12.1 Å².